The van der Waals surface area contributed by atoms with Crippen LogP contribution >= 0.6 is 35.5 Å². The average Bonchev–Trinajstić information content (AvgIpc) is 3.12. The Morgan fingerprint density at radius 2 is 1.79 bits per heavy atom. The van der Waals surface area contributed by atoms with E-state index in [9.17, 15) is 9.59 Å². The number of carbonyl (C=O) groups excluding carboxylic acids is 2. The Balaban J connectivity index is 0.00000324. The van der Waals surface area contributed by atoms with Crippen LogP contribution in [0.4, 0.5) is 5.00 Å². The summed E-state index contributed by atoms with van der Waals surface area (Å²) in [6, 6.07) is 18.4. The molecule has 180 valence electrons. The van der Waals surface area contributed by atoms with Crippen molar-refractivity contribution in [3.63, 3.8) is 0 Å². The zero-order chi connectivity index (χ0) is 23.4. The second-order valence-corrected chi connectivity index (χ2v) is 11.3. The summed E-state index contributed by atoms with van der Waals surface area (Å²) in [6.45, 7) is 6.78. The van der Waals surface area contributed by atoms with Gasteiger partial charge in [0.05, 0.1) is 12.0 Å². The van der Waals surface area contributed by atoms with Crippen LogP contribution in [0.5, 0.6) is 0 Å². The predicted octanol–water partition coefficient (Wildman–Crippen LogP) is 5.51. The first kappa shape index (κ1) is 26.3. The number of thiophene rings is 1. The number of hydrogen-bond donors (Lipinski definition) is 2. The molecule has 3 aromatic rings. The SMILES string of the molecule is CC(C)Sc1ccc(CC(=O)Nc2sc3c(c2C(N)=O)CCN(Cc2ccccc2)C3)cc1.Cl. The third-order valence-corrected chi connectivity index (χ3v) is 7.69. The number of amides is 2. The van der Waals surface area contributed by atoms with Crippen molar-refractivity contribution >= 4 is 52.3 Å². The van der Waals surface area contributed by atoms with E-state index >= 15 is 0 Å². The summed E-state index contributed by atoms with van der Waals surface area (Å²) in [7, 11) is 0. The second-order valence-electron chi connectivity index (χ2n) is 8.55. The van der Waals surface area contributed by atoms with E-state index in [0.717, 1.165) is 42.1 Å². The van der Waals surface area contributed by atoms with Crippen LogP contribution < -0.4 is 11.1 Å². The van der Waals surface area contributed by atoms with Crippen molar-refractivity contribution in [2.45, 2.75) is 49.9 Å². The molecule has 5 nitrogen and oxygen atoms in total. The molecule has 0 fully saturated rings. The number of benzene rings is 2. The molecule has 1 aromatic heterocycles. The van der Waals surface area contributed by atoms with Crippen LogP contribution in [0, 0.1) is 0 Å². The van der Waals surface area contributed by atoms with E-state index in [0.29, 0.717) is 15.8 Å². The van der Waals surface area contributed by atoms with Crippen molar-refractivity contribution < 1.29 is 9.59 Å². The molecule has 0 spiro atoms. The monoisotopic (exact) mass is 515 g/mol. The first-order chi connectivity index (χ1) is 15.9. The maximum Gasteiger partial charge on any atom is 0.251 e. The number of nitrogens with one attached hydrogen (secondary N) is 1. The van der Waals surface area contributed by atoms with Gasteiger partial charge >= 0.3 is 0 Å². The molecular formula is C26H30ClN3O2S2. The summed E-state index contributed by atoms with van der Waals surface area (Å²) in [5, 5.41) is 4.05. The maximum absolute atomic E-state index is 12.8. The molecule has 34 heavy (non-hydrogen) atoms. The van der Waals surface area contributed by atoms with Crippen molar-refractivity contribution in [1.82, 2.24) is 4.90 Å². The van der Waals surface area contributed by atoms with E-state index in [2.05, 4.69) is 36.2 Å². The number of carbonyl (C=O) groups is 2. The molecule has 0 unspecified atom stereocenters. The number of fused-ring (bicyclic) bond motifs is 1. The first-order valence-corrected chi connectivity index (χ1v) is 12.8. The summed E-state index contributed by atoms with van der Waals surface area (Å²) >= 11 is 3.27. The Hall–Kier alpha value is -2.32. The minimum absolute atomic E-state index is 0. The molecule has 3 N–H and O–H groups in total. The smallest absolute Gasteiger partial charge is 0.251 e. The normalized spacial score (nSPS) is 13.3. The average molecular weight is 516 g/mol. The van der Waals surface area contributed by atoms with Gasteiger partial charge in [-0.1, -0.05) is 56.3 Å². The fraction of sp³-hybridized carbons (Fsp3) is 0.308. The summed E-state index contributed by atoms with van der Waals surface area (Å²) in [5.74, 6) is -0.615. The number of thioether (sulfide) groups is 1. The van der Waals surface area contributed by atoms with Crippen LogP contribution in [0.2, 0.25) is 0 Å². The molecule has 0 atom stereocenters. The Bertz CT molecular complexity index is 1130. The molecule has 2 amide bonds. The van der Waals surface area contributed by atoms with E-state index in [1.165, 1.54) is 21.8 Å². The van der Waals surface area contributed by atoms with Crippen LogP contribution in [0.15, 0.2) is 59.5 Å². The van der Waals surface area contributed by atoms with Crippen LogP contribution in [0.1, 0.15) is 45.8 Å². The molecule has 8 heteroatoms. The van der Waals surface area contributed by atoms with Gasteiger partial charge in [-0.05, 0) is 35.2 Å². The summed E-state index contributed by atoms with van der Waals surface area (Å²) in [5.41, 5.74) is 9.40. The van der Waals surface area contributed by atoms with Gasteiger partial charge in [0.25, 0.3) is 5.91 Å². The Labute approximate surface area is 215 Å². The molecule has 0 aliphatic carbocycles. The van der Waals surface area contributed by atoms with E-state index in [1.807, 2.05) is 42.5 Å². The highest BCUT2D eigenvalue weighted by Crippen LogP contribution is 2.37. The molecule has 2 heterocycles. The fourth-order valence-corrected chi connectivity index (χ4v) is 6.25. The van der Waals surface area contributed by atoms with Gasteiger partial charge in [0.15, 0.2) is 0 Å². The number of anilines is 1. The molecular weight excluding hydrogens is 486 g/mol. The zero-order valence-electron chi connectivity index (χ0n) is 19.4. The zero-order valence-corrected chi connectivity index (χ0v) is 21.8. The highest BCUT2D eigenvalue weighted by molar-refractivity contribution is 7.99. The van der Waals surface area contributed by atoms with Crippen molar-refractivity contribution in [2.75, 3.05) is 11.9 Å². The predicted molar refractivity (Wildman–Crippen MR) is 144 cm³/mol. The minimum atomic E-state index is -0.477. The van der Waals surface area contributed by atoms with Gasteiger partial charge in [-0.25, -0.2) is 0 Å². The minimum Gasteiger partial charge on any atom is -0.365 e. The van der Waals surface area contributed by atoms with Gasteiger partial charge in [0.2, 0.25) is 5.91 Å². The van der Waals surface area contributed by atoms with Crippen molar-refractivity contribution in [3.05, 3.63) is 81.7 Å². The van der Waals surface area contributed by atoms with Crippen LogP contribution in [-0.2, 0) is 30.7 Å². The molecule has 0 bridgehead atoms. The standard InChI is InChI=1S/C26H29N3O2S2.ClH/c1-17(2)32-20-10-8-18(9-11-20)14-23(30)28-26-24(25(27)31)21-12-13-29(16-22(21)33-26)15-19-6-4-3-5-7-19;/h3-11,17H,12-16H2,1-2H3,(H2,27,31)(H,28,30);1H. The van der Waals surface area contributed by atoms with Gasteiger partial charge in [-0.15, -0.1) is 35.5 Å². The van der Waals surface area contributed by atoms with Crippen LogP contribution in [0.25, 0.3) is 0 Å². The molecule has 1 aliphatic rings. The highest BCUT2D eigenvalue weighted by atomic mass is 35.5. The number of rotatable bonds is 8. The lowest BCUT2D eigenvalue weighted by atomic mass is 10.0. The molecule has 4 rings (SSSR count). The van der Waals surface area contributed by atoms with E-state index in [-0.39, 0.29) is 24.7 Å². The van der Waals surface area contributed by atoms with Crippen molar-refractivity contribution in [2.24, 2.45) is 5.73 Å². The summed E-state index contributed by atoms with van der Waals surface area (Å²) < 4.78 is 0. The summed E-state index contributed by atoms with van der Waals surface area (Å²) in [6.07, 6.45) is 1.01. The lowest BCUT2D eigenvalue weighted by Crippen LogP contribution is -2.30. The molecule has 1 aliphatic heterocycles. The largest absolute Gasteiger partial charge is 0.365 e. The number of primary amides is 1. The van der Waals surface area contributed by atoms with Gasteiger partial charge in [0, 0.05) is 34.7 Å². The van der Waals surface area contributed by atoms with E-state index < -0.39 is 5.91 Å². The lowest BCUT2D eigenvalue weighted by molar-refractivity contribution is -0.115. The lowest BCUT2D eigenvalue weighted by Gasteiger charge is -2.27. The van der Waals surface area contributed by atoms with E-state index in [4.69, 9.17) is 5.73 Å². The third-order valence-electron chi connectivity index (χ3n) is 5.54. The Morgan fingerprint density at radius 3 is 2.44 bits per heavy atom. The molecule has 0 radical (unpaired) electrons. The number of nitrogens with two attached hydrogens (primary N) is 1. The quantitative estimate of drug-likeness (QED) is 0.388. The van der Waals surface area contributed by atoms with E-state index in [1.54, 1.807) is 11.8 Å². The first-order valence-electron chi connectivity index (χ1n) is 11.1. The molecule has 0 saturated heterocycles. The Morgan fingerprint density at radius 1 is 1.09 bits per heavy atom. The maximum atomic E-state index is 12.8. The summed E-state index contributed by atoms with van der Waals surface area (Å²) in [4.78, 5) is 29.7. The van der Waals surface area contributed by atoms with Gasteiger partial charge < -0.3 is 11.1 Å². The Kier molecular flexibility index (Phi) is 9.19. The number of halogens is 1. The molecule has 2 aromatic carbocycles. The van der Waals surface area contributed by atoms with Gasteiger partial charge in [-0.2, -0.15) is 0 Å². The third kappa shape index (κ3) is 6.63. The van der Waals surface area contributed by atoms with Crippen molar-refractivity contribution in [1.29, 1.82) is 0 Å². The fourth-order valence-electron chi connectivity index (χ4n) is 4.10. The highest BCUT2D eigenvalue weighted by Gasteiger charge is 2.27. The van der Waals surface area contributed by atoms with Gasteiger partial charge in [-0.3, -0.25) is 14.5 Å². The second kappa shape index (κ2) is 11.9. The van der Waals surface area contributed by atoms with Crippen LogP contribution in [-0.4, -0.2) is 28.5 Å². The van der Waals surface area contributed by atoms with Gasteiger partial charge in [0.1, 0.15) is 5.00 Å². The van der Waals surface area contributed by atoms with Crippen molar-refractivity contribution in [3.8, 4) is 0 Å². The van der Waals surface area contributed by atoms with Crippen LogP contribution in [0.3, 0.4) is 0 Å². The number of nitrogens with zero attached hydrogens (tertiary/aromatic N) is 1. The number of hydrogen-bond acceptors (Lipinski definition) is 5. The molecule has 0 saturated carbocycles. The topological polar surface area (TPSA) is 75.4 Å².